The van der Waals surface area contributed by atoms with Gasteiger partial charge in [0.05, 0.1) is 6.61 Å². The van der Waals surface area contributed by atoms with Crippen LogP contribution in [0.3, 0.4) is 0 Å². The normalized spacial score (nSPS) is 18.3. The molecule has 1 rings (SSSR count). The second kappa shape index (κ2) is 56.4. The number of carbonyl (C=O) groups is 4. The monoisotopic (exact) mass is 1140 g/mol. The van der Waals surface area contributed by atoms with Gasteiger partial charge in [0, 0.05) is 19.3 Å². The molecule has 1 fully saturated rings. The molecule has 1 saturated heterocycles. The Morgan fingerprint density at radius 2 is 0.778 bits per heavy atom. The molecule has 0 spiro atoms. The van der Waals surface area contributed by atoms with Crippen LogP contribution in [-0.2, 0) is 42.9 Å². The smallest absolute Gasteiger partial charge is 0.335 e. The number of rotatable bonds is 55. The number of carboxylic acid groups (broad SMARTS) is 1. The molecule has 1 heterocycles. The Morgan fingerprint density at radius 3 is 1.22 bits per heavy atom. The minimum Gasteiger partial charge on any atom is -0.479 e. The summed E-state index contributed by atoms with van der Waals surface area (Å²) in [5.74, 6) is -3.17. The van der Waals surface area contributed by atoms with Crippen LogP contribution in [0.4, 0.5) is 0 Å². The van der Waals surface area contributed by atoms with Gasteiger partial charge in [0.25, 0.3) is 0 Å². The van der Waals surface area contributed by atoms with Crippen LogP contribution < -0.4 is 0 Å². The van der Waals surface area contributed by atoms with Crippen molar-refractivity contribution in [2.75, 3.05) is 13.2 Å². The van der Waals surface area contributed by atoms with Gasteiger partial charge in [-0.2, -0.15) is 0 Å². The highest BCUT2D eigenvalue weighted by Gasteiger charge is 2.50. The number of ether oxygens (including phenoxy) is 5. The number of aliphatic hydroxyl groups is 2. The van der Waals surface area contributed by atoms with Gasteiger partial charge in [-0.3, -0.25) is 14.4 Å². The number of carboxylic acids is 1. The van der Waals surface area contributed by atoms with Gasteiger partial charge in [-0.1, -0.05) is 228 Å². The van der Waals surface area contributed by atoms with Crippen molar-refractivity contribution in [2.24, 2.45) is 0 Å². The van der Waals surface area contributed by atoms with Crippen LogP contribution in [0.2, 0.25) is 0 Å². The largest absolute Gasteiger partial charge is 0.479 e. The van der Waals surface area contributed by atoms with E-state index in [-0.39, 0.29) is 25.9 Å². The van der Waals surface area contributed by atoms with E-state index in [2.05, 4.69) is 106 Å². The zero-order valence-electron chi connectivity index (χ0n) is 51.3. The maximum atomic E-state index is 13.2. The van der Waals surface area contributed by atoms with Gasteiger partial charge < -0.3 is 39.0 Å². The number of hydrogen-bond acceptors (Lipinski definition) is 11. The van der Waals surface area contributed by atoms with Crippen molar-refractivity contribution in [1.29, 1.82) is 0 Å². The molecule has 3 N–H and O–H groups in total. The predicted octanol–water partition coefficient (Wildman–Crippen LogP) is 17.5. The molecule has 0 bridgehead atoms. The number of hydrogen-bond donors (Lipinski definition) is 3. The first-order chi connectivity index (χ1) is 39.6. The number of unbranched alkanes of at least 4 members (excludes halogenated alkanes) is 27. The minimum absolute atomic E-state index is 0.0520. The first-order valence-electron chi connectivity index (χ1n) is 32.6. The van der Waals surface area contributed by atoms with Crippen LogP contribution in [0.25, 0.3) is 0 Å². The van der Waals surface area contributed by atoms with E-state index < -0.39 is 67.3 Å². The van der Waals surface area contributed by atoms with Gasteiger partial charge in [-0.05, 0) is 116 Å². The molecular formula is C69H116O12. The van der Waals surface area contributed by atoms with Gasteiger partial charge in [0.15, 0.2) is 24.6 Å². The maximum Gasteiger partial charge on any atom is 0.335 e. The summed E-state index contributed by atoms with van der Waals surface area (Å²) in [4.78, 5) is 51.3. The fourth-order valence-electron chi connectivity index (χ4n) is 9.44. The van der Waals surface area contributed by atoms with Crippen LogP contribution in [0, 0.1) is 0 Å². The number of aliphatic carboxylic acids is 1. The van der Waals surface area contributed by atoms with Crippen LogP contribution in [-0.4, -0.2) is 89.2 Å². The van der Waals surface area contributed by atoms with Crippen LogP contribution in [0.1, 0.15) is 278 Å². The number of aliphatic hydroxyl groups excluding tert-OH is 2. The Kier molecular flexibility index (Phi) is 52.1. The van der Waals surface area contributed by atoms with Crippen LogP contribution in [0.15, 0.2) is 85.1 Å². The summed E-state index contributed by atoms with van der Waals surface area (Å²) in [6.45, 7) is 5.84. The maximum absolute atomic E-state index is 13.2. The highest BCUT2D eigenvalue weighted by molar-refractivity contribution is 5.74. The van der Waals surface area contributed by atoms with Crippen LogP contribution in [0.5, 0.6) is 0 Å². The van der Waals surface area contributed by atoms with E-state index in [4.69, 9.17) is 23.7 Å². The molecule has 12 nitrogen and oxygen atoms in total. The van der Waals surface area contributed by atoms with E-state index in [1.165, 1.54) is 89.9 Å². The molecule has 0 aromatic rings. The minimum atomic E-state index is -1.91. The molecule has 1 aliphatic heterocycles. The lowest BCUT2D eigenvalue weighted by molar-refractivity contribution is -0.301. The lowest BCUT2D eigenvalue weighted by Gasteiger charge is -2.40. The third-order valence-corrected chi connectivity index (χ3v) is 14.4. The van der Waals surface area contributed by atoms with E-state index in [1.54, 1.807) is 0 Å². The molecule has 0 aliphatic carbocycles. The Labute approximate surface area is 492 Å². The molecule has 0 amide bonds. The molecule has 81 heavy (non-hydrogen) atoms. The summed E-state index contributed by atoms with van der Waals surface area (Å²) in [6.07, 6.45) is 61.1. The Morgan fingerprint density at radius 1 is 0.420 bits per heavy atom. The summed E-state index contributed by atoms with van der Waals surface area (Å²) < 4.78 is 28.5. The number of allylic oxidation sites excluding steroid dienone is 14. The quantitative estimate of drug-likeness (QED) is 0.0228. The number of esters is 3. The SMILES string of the molecule is CC/C=C\C/C=C\C/C=C\C/C=C\CCCCCCC(=O)OCC(COC1OC(C(=O)O)C(O)C(O)C1OC(=O)CCCCCCCCCCC/C=C\CCCCCCCC)OC(=O)CCCCCCC/C=C\C/C=C\CCCCC. The molecule has 0 aromatic carbocycles. The van der Waals surface area contributed by atoms with Crippen LogP contribution >= 0.6 is 0 Å². The van der Waals surface area contributed by atoms with Gasteiger partial charge in [-0.15, -0.1) is 0 Å². The molecule has 6 atom stereocenters. The van der Waals surface area contributed by atoms with Gasteiger partial charge in [0.1, 0.15) is 18.8 Å². The molecule has 12 heteroatoms. The van der Waals surface area contributed by atoms with E-state index in [9.17, 15) is 34.5 Å². The summed E-state index contributed by atoms with van der Waals surface area (Å²) in [5, 5.41) is 31.6. The second-order valence-corrected chi connectivity index (χ2v) is 22.0. The second-order valence-electron chi connectivity index (χ2n) is 22.0. The lowest BCUT2D eigenvalue weighted by Crippen LogP contribution is -2.61. The molecule has 464 valence electrons. The molecule has 0 aromatic heterocycles. The highest BCUT2D eigenvalue weighted by atomic mass is 16.7. The van der Waals surface area contributed by atoms with E-state index >= 15 is 0 Å². The van der Waals surface area contributed by atoms with E-state index in [0.29, 0.717) is 19.3 Å². The zero-order chi connectivity index (χ0) is 58.9. The van der Waals surface area contributed by atoms with Crippen molar-refractivity contribution in [3.05, 3.63) is 85.1 Å². The Hall–Kier alpha value is -4.10. The lowest BCUT2D eigenvalue weighted by atomic mass is 9.98. The third-order valence-electron chi connectivity index (χ3n) is 14.4. The number of carbonyl (C=O) groups excluding carboxylic acids is 3. The average molecular weight is 1140 g/mol. The average Bonchev–Trinajstić information content (AvgIpc) is 3.53. The van der Waals surface area contributed by atoms with Crippen molar-refractivity contribution in [1.82, 2.24) is 0 Å². The van der Waals surface area contributed by atoms with Gasteiger partial charge in [0.2, 0.25) is 0 Å². The molecule has 0 saturated carbocycles. The first kappa shape index (κ1) is 74.9. The summed E-state index contributed by atoms with van der Waals surface area (Å²) in [6, 6.07) is 0. The molecular weight excluding hydrogens is 1020 g/mol. The summed E-state index contributed by atoms with van der Waals surface area (Å²) >= 11 is 0. The van der Waals surface area contributed by atoms with Crippen molar-refractivity contribution in [3.63, 3.8) is 0 Å². The van der Waals surface area contributed by atoms with Crippen molar-refractivity contribution < 1.29 is 58.2 Å². The first-order valence-corrected chi connectivity index (χ1v) is 32.6. The molecule has 0 radical (unpaired) electrons. The Balaban J connectivity index is 2.67. The van der Waals surface area contributed by atoms with Crippen molar-refractivity contribution in [2.45, 2.75) is 314 Å². The van der Waals surface area contributed by atoms with E-state index in [0.717, 1.165) is 128 Å². The highest BCUT2D eigenvalue weighted by Crippen LogP contribution is 2.27. The van der Waals surface area contributed by atoms with Crippen molar-refractivity contribution in [3.8, 4) is 0 Å². The van der Waals surface area contributed by atoms with Gasteiger partial charge in [-0.25, -0.2) is 4.79 Å². The zero-order valence-corrected chi connectivity index (χ0v) is 51.3. The standard InChI is InChI=1S/C69H116O12/c1-4-7-10-13-16-19-22-25-28-30-31-33-36-39-42-45-48-51-54-57-63(72)80-67-65(74)64(73)66(68(75)76)81-69(67)78-59-60(79-62(71)56-53-50-47-44-41-38-34-27-24-21-18-15-12-9-6-3)58-77-61(70)55-52-49-46-43-40-37-35-32-29-26-23-20-17-14-11-8-5-2/h8,11,17-18,20-21,25-29,34-35,37,60,64-67,69,73-74H,4-7,9-10,12-16,19,22-24,30-33,36,38-59H2,1-3H3,(H,75,76)/b11-8-,20-17-,21-18-,28-25-,29-26-,34-27-,37-35-. The fraction of sp³-hybridized carbons (Fsp3) is 0.739. The topological polar surface area (TPSA) is 175 Å². The third kappa shape index (κ3) is 46.0. The molecule has 1 aliphatic rings. The van der Waals surface area contributed by atoms with E-state index in [1.807, 2.05) is 0 Å². The predicted molar refractivity (Wildman–Crippen MR) is 331 cm³/mol. The summed E-state index contributed by atoms with van der Waals surface area (Å²) in [7, 11) is 0. The van der Waals surface area contributed by atoms with Gasteiger partial charge >= 0.3 is 23.9 Å². The van der Waals surface area contributed by atoms with Crippen molar-refractivity contribution >= 4 is 23.9 Å². The summed E-state index contributed by atoms with van der Waals surface area (Å²) in [5.41, 5.74) is 0. The Bertz CT molecular complexity index is 1730. The molecule has 6 unspecified atom stereocenters. The fourth-order valence-corrected chi connectivity index (χ4v) is 9.44.